The zero-order valence-electron chi connectivity index (χ0n) is 12.0. The second-order valence-corrected chi connectivity index (χ2v) is 5.40. The van der Waals surface area contributed by atoms with Gasteiger partial charge < -0.3 is 15.5 Å². The molecule has 0 unspecified atom stereocenters. The maximum Gasteiger partial charge on any atom is 0.253 e. The van der Waals surface area contributed by atoms with E-state index in [2.05, 4.69) is 11.8 Å². The van der Waals surface area contributed by atoms with Crippen molar-refractivity contribution < 1.29 is 4.79 Å². The molecule has 1 aliphatic rings. The molecule has 4 heteroatoms. The Morgan fingerprint density at radius 2 is 2.05 bits per heavy atom. The lowest BCUT2D eigenvalue weighted by Crippen LogP contribution is -2.28. The first-order chi connectivity index (χ1) is 9.04. The Morgan fingerprint density at radius 1 is 1.37 bits per heavy atom. The summed E-state index contributed by atoms with van der Waals surface area (Å²) in [6, 6.07) is 6.19. The number of anilines is 2. The number of nitrogens with two attached hydrogens (primary N) is 1. The van der Waals surface area contributed by atoms with E-state index in [1.165, 1.54) is 12.8 Å². The van der Waals surface area contributed by atoms with Crippen LogP contribution in [0.1, 0.15) is 36.5 Å². The first-order valence-corrected chi connectivity index (χ1v) is 6.92. The van der Waals surface area contributed by atoms with Crippen molar-refractivity contribution in [3.63, 3.8) is 0 Å². The summed E-state index contributed by atoms with van der Waals surface area (Å²) in [4.78, 5) is 16.0. The van der Waals surface area contributed by atoms with Crippen LogP contribution in [0.3, 0.4) is 0 Å². The molecule has 1 aliphatic carbocycles. The molecule has 1 aromatic rings. The van der Waals surface area contributed by atoms with Crippen LogP contribution in [0.15, 0.2) is 18.2 Å². The number of carbonyl (C=O) groups excluding carboxylic acids is 1. The summed E-state index contributed by atoms with van der Waals surface area (Å²) in [5.74, 6) is 0.0218. The van der Waals surface area contributed by atoms with Gasteiger partial charge in [-0.1, -0.05) is 6.92 Å². The monoisotopic (exact) mass is 261 g/mol. The standard InChI is InChI=1S/C15H23N3O/c1-4-9-18(12-6-7-12)14-10-11(5-8-13(14)16)15(19)17(2)3/h5,8,10,12H,4,6-7,9,16H2,1-3H3. The van der Waals surface area contributed by atoms with Crippen molar-refractivity contribution in [3.8, 4) is 0 Å². The minimum Gasteiger partial charge on any atom is -0.397 e. The molecule has 2 N–H and O–H groups in total. The molecule has 0 aromatic heterocycles. The molecule has 0 radical (unpaired) electrons. The number of hydrogen-bond donors (Lipinski definition) is 1. The van der Waals surface area contributed by atoms with Gasteiger partial charge in [0.1, 0.15) is 0 Å². The average Bonchev–Trinajstić information content (AvgIpc) is 3.20. The third kappa shape index (κ3) is 3.00. The lowest BCUT2D eigenvalue weighted by atomic mass is 10.1. The number of nitrogen functional groups attached to an aromatic ring is 1. The van der Waals surface area contributed by atoms with E-state index in [0.717, 1.165) is 24.3 Å². The molecule has 0 atom stereocenters. The van der Waals surface area contributed by atoms with Gasteiger partial charge in [-0.15, -0.1) is 0 Å². The van der Waals surface area contributed by atoms with Gasteiger partial charge in [-0.05, 0) is 37.5 Å². The Balaban J connectivity index is 2.32. The van der Waals surface area contributed by atoms with Crippen LogP contribution in [0.4, 0.5) is 11.4 Å². The molecule has 1 aromatic carbocycles. The van der Waals surface area contributed by atoms with Gasteiger partial charge >= 0.3 is 0 Å². The lowest BCUT2D eigenvalue weighted by Gasteiger charge is -2.26. The highest BCUT2D eigenvalue weighted by atomic mass is 16.2. The Kier molecular flexibility index (Phi) is 3.98. The van der Waals surface area contributed by atoms with E-state index in [0.29, 0.717) is 11.6 Å². The molecular weight excluding hydrogens is 238 g/mol. The van der Waals surface area contributed by atoms with Crippen molar-refractivity contribution in [2.75, 3.05) is 31.3 Å². The maximum atomic E-state index is 12.0. The van der Waals surface area contributed by atoms with Crippen LogP contribution in [-0.4, -0.2) is 37.5 Å². The molecular formula is C15H23N3O. The average molecular weight is 261 g/mol. The van der Waals surface area contributed by atoms with E-state index >= 15 is 0 Å². The number of amides is 1. The van der Waals surface area contributed by atoms with Gasteiger partial charge in [0.15, 0.2) is 0 Å². The number of carbonyl (C=O) groups is 1. The lowest BCUT2D eigenvalue weighted by molar-refractivity contribution is 0.0827. The zero-order chi connectivity index (χ0) is 14.0. The van der Waals surface area contributed by atoms with Crippen LogP contribution in [-0.2, 0) is 0 Å². The van der Waals surface area contributed by atoms with Gasteiger partial charge in [0, 0.05) is 32.2 Å². The molecule has 2 rings (SSSR count). The predicted octanol–water partition coefficient (Wildman–Crippen LogP) is 2.35. The summed E-state index contributed by atoms with van der Waals surface area (Å²) in [6.45, 7) is 3.16. The summed E-state index contributed by atoms with van der Waals surface area (Å²) < 4.78 is 0. The van der Waals surface area contributed by atoms with E-state index in [1.54, 1.807) is 25.1 Å². The van der Waals surface area contributed by atoms with Crippen LogP contribution in [0.2, 0.25) is 0 Å². The summed E-state index contributed by atoms with van der Waals surface area (Å²) in [7, 11) is 3.53. The highest BCUT2D eigenvalue weighted by molar-refractivity contribution is 5.96. The van der Waals surface area contributed by atoms with Gasteiger partial charge in [-0.2, -0.15) is 0 Å². The maximum absolute atomic E-state index is 12.0. The van der Waals surface area contributed by atoms with Gasteiger partial charge in [0.25, 0.3) is 5.91 Å². The SMILES string of the molecule is CCCN(c1cc(C(=O)N(C)C)ccc1N)C1CC1. The molecule has 0 bridgehead atoms. The van der Waals surface area contributed by atoms with Crippen LogP contribution in [0.5, 0.6) is 0 Å². The molecule has 104 valence electrons. The van der Waals surface area contributed by atoms with Gasteiger partial charge in [-0.3, -0.25) is 4.79 Å². The van der Waals surface area contributed by atoms with Crippen LogP contribution in [0.25, 0.3) is 0 Å². The fourth-order valence-electron chi connectivity index (χ4n) is 2.31. The number of hydrogen-bond acceptors (Lipinski definition) is 3. The van der Waals surface area contributed by atoms with Crippen molar-refractivity contribution in [1.82, 2.24) is 4.90 Å². The van der Waals surface area contributed by atoms with Crippen molar-refractivity contribution in [3.05, 3.63) is 23.8 Å². The Hall–Kier alpha value is -1.71. The third-order valence-corrected chi connectivity index (χ3v) is 3.45. The number of nitrogens with zero attached hydrogens (tertiary/aromatic N) is 2. The predicted molar refractivity (Wildman–Crippen MR) is 79.5 cm³/mol. The topological polar surface area (TPSA) is 49.6 Å². The highest BCUT2D eigenvalue weighted by Gasteiger charge is 2.30. The Labute approximate surface area is 115 Å². The fraction of sp³-hybridized carbons (Fsp3) is 0.533. The summed E-state index contributed by atoms with van der Waals surface area (Å²) in [5.41, 5.74) is 8.57. The third-order valence-electron chi connectivity index (χ3n) is 3.45. The molecule has 1 saturated carbocycles. The molecule has 0 spiro atoms. The first-order valence-electron chi connectivity index (χ1n) is 6.92. The molecule has 1 fully saturated rings. The van der Waals surface area contributed by atoms with Gasteiger partial charge in [-0.25, -0.2) is 0 Å². The quantitative estimate of drug-likeness (QED) is 0.828. The van der Waals surface area contributed by atoms with E-state index < -0.39 is 0 Å². The van der Waals surface area contributed by atoms with E-state index in [-0.39, 0.29) is 5.91 Å². The minimum absolute atomic E-state index is 0.0218. The van der Waals surface area contributed by atoms with Crippen molar-refractivity contribution >= 4 is 17.3 Å². The van der Waals surface area contributed by atoms with E-state index in [4.69, 9.17) is 5.73 Å². The number of rotatable bonds is 5. The molecule has 0 saturated heterocycles. The largest absolute Gasteiger partial charge is 0.397 e. The van der Waals surface area contributed by atoms with Crippen molar-refractivity contribution in [1.29, 1.82) is 0 Å². The molecule has 19 heavy (non-hydrogen) atoms. The van der Waals surface area contributed by atoms with E-state index in [9.17, 15) is 4.79 Å². The van der Waals surface area contributed by atoms with Gasteiger partial charge in [0.05, 0.1) is 11.4 Å². The summed E-state index contributed by atoms with van der Waals surface area (Å²) >= 11 is 0. The number of benzene rings is 1. The molecule has 0 aliphatic heterocycles. The van der Waals surface area contributed by atoms with Crippen molar-refractivity contribution in [2.24, 2.45) is 0 Å². The highest BCUT2D eigenvalue weighted by Crippen LogP contribution is 2.35. The fourth-order valence-corrected chi connectivity index (χ4v) is 2.31. The molecule has 0 heterocycles. The smallest absolute Gasteiger partial charge is 0.253 e. The first kappa shape index (κ1) is 13.7. The van der Waals surface area contributed by atoms with Gasteiger partial charge in [0.2, 0.25) is 0 Å². The zero-order valence-corrected chi connectivity index (χ0v) is 12.0. The minimum atomic E-state index is 0.0218. The normalized spacial score (nSPS) is 14.3. The summed E-state index contributed by atoms with van der Waals surface area (Å²) in [5, 5.41) is 0. The van der Waals surface area contributed by atoms with Crippen LogP contribution >= 0.6 is 0 Å². The van der Waals surface area contributed by atoms with Crippen LogP contribution < -0.4 is 10.6 Å². The Morgan fingerprint density at radius 3 is 2.58 bits per heavy atom. The van der Waals surface area contributed by atoms with E-state index in [1.807, 2.05) is 12.1 Å². The summed E-state index contributed by atoms with van der Waals surface area (Å²) in [6.07, 6.45) is 3.54. The second kappa shape index (κ2) is 5.51. The van der Waals surface area contributed by atoms with Crippen LogP contribution in [0, 0.1) is 0 Å². The Bertz CT molecular complexity index is 466. The molecule has 4 nitrogen and oxygen atoms in total. The second-order valence-electron chi connectivity index (χ2n) is 5.40. The van der Waals surface area contributed by atoms with Crippen molar-refractivity contribution in [2.45, 2.75) is 32.2 Å². The molecule has 1 amide bonds.